The molecule has 0 atom stereocenters. The van der Waals surface area contributed by atoms with E-state index in [1.807, 2.05) is 5.01 Å². The molecule has 0 aliphatic carbocycles. The van der Waals surface area contributed by atoms with Gasteiger partial charge in [-0.1, -0.05) is 0 Å². The summed E-state index contributed by atoms with van der Waals surface area (Å²) in [5, 5.41) is 2.02. The van der Waals surface area contributed by atoms with Crippen molar-refractivity contribution in [2.45, 2.75) is 58.0 Å². The Hall–Kier alpha value is -0.0800. The Labute approximate surface area is 69.7 Å². The summed E-state index contributed by atoms with van der Waals surface area (Å²) in [5.41, 5.74) is 0.365. The summed E-state index contributed by atoms with van der Waals surface area (Å²) < 4.78 is 0. The lowest BCUT2D eigenvalue weighted by Gasteiger charge is -2.50. The third-order valence-electron chi connectivity index (χ3n) is 2.88. The van der Waals surface area contributed by atoms with E-state index in [2.05, 4.69) is 27.7 Å². The standard InChI is InChI=1S/C9H20N2/c1-8(2)6-5-7-9(3,4)11(8)10/h5-7,10H2,1-4H3. The fraction of sp³-hybridized carbons (Fsp3) is 1.00. The minimum absolute atomic E-state index is 0.182. The Kier molecular flexibility index (Phi) is 2.01. The first-order chi connectivity index (χ1) is 4.86. The summed E-state index contributed by atoms with van der Waals surface area (Å²) >= 11 is 0. The van der Waals surface area contributed by atoms with Crippen LogP contribution in [0.15, 0.2) is 0 Å². The van der Waals surface area contributed by atoms with Crippen LogP contribution in [0.5, 0.6) is 0 Å². The predicted octanol–water partition coefficient (Wildman–Crippen LogP) is 1.90. The summed E-state index contributed by atoms with van der Waals surface area (Å²) in [7, 11) is 0. The quantitative estimate of drug-likeness (QED) is 0.543. The van der Waals surface area contributed by atoms with Gasteiger partial charge in [-0.25, -0.2) is 5.01 Å². The zero-order chi connectivity index (χ0) is 8.70. The molecule has 0 unspecified atom stereocenters. The van der Waals surface area contributed by atoms with E-state index in [0.29, 0.717) is 0 Å². The number of hydrogen-bond donors (Lipinski definition) is 1. The summed E-state index contributed by atoms with van der Waals surface area (Å²) in [6.07, 6.45) is 3.73. The smallest absolute Gasteiger partial charge is 0.0301 e. The van der Waals surface area contributed by atoms with Gasteiger partial charge in [-0.2, -0.15) is 0 Å². The number of nitrogens with zero attached hydrogens (tertiary/aromatic N) is 1. The van der Waals surface area contributed by atoms with Gasteiger partial charge in [0.15, 0.2) is 0 Å². The zero-order valence-electron chi connectivity index (χ0n) is 8.15. The van der Waals surface area contributed by atoms with E-state index in [0.717, 1.165) is 0 Å². The molecule has 0 bridgehead atoms. The van der Waals surface area contributed by atoms with E-state index in [4.69, 9.17) is 5.84 Å². The zero-order valence-corrected chi connectivity index (χ0v) is 8.15. The maximum Gasteiger partial charge on any atom is 0.0301 e. The van der Waals surface area contributed by atoms with Crippen LogP contribution in [0, 0.1) is 0 Å². The Morgan fingerprint density at radius 3 is 1.64 bits per heavy atom. The number of nitrogens with two attached hydrogens (primary N) is 1. The van der Waals surface area contributed by atoms with Gasteiger partial charge in [-0.15, -0.1) is 0 Å². The molecule has 2 N–H and O–H groups in total. The highest BCUT2D eigenvalue weighted by Crippen LogP contribution is 2.34. The minimum Gasteiger partial charge on any atom is -0.268 e. The normalized spacial score (nSPS) is 30.3. The number of rotatable bonds is 0. The number of hydrogen-bond acceptors (Lipinski definition) is 2. The van der Waals surface area contributed by atoms with Gasteiger partial charge >= 0.3 is 0 Å². The summed E-state index contributed by atoms with van der Waals surface area (Å²) in [4.78, 5) is 0. The topological polar surface area (TPSA) is 29.3 Å². The van der Waals surface area contributed by atoms with Crippen LogP contribution in [0.1, 0.15) is 47.0 Å². The molecule has 66 valence electrons. The first-order valence-corrected chi connectivity index (χ1v) is 4.41. The minimum atomic E-state index is 0.182. The highest BCUT2D eigenvalue weighted by Gasteiger charge is 2.38. The monoisotopic (exact) mass is 156 g/mol. The second kappa shape index (κ2) is 2.46. The largest absolute Gasteiger partial charge is 0.268 e. The fourth-order valence-electron chi connectivity index (χ4n) is 2.01. The van der Waals surface area contributed by atoms with Crippen LogP contribution in [0.25, 0.3) is 0 Å². The van der Waals surface area contributed by atoms with Crippen LogP contribution in [0.4, 0.5) is 0 Å². The number of hydrazine groups is 1. The molecule has 1 saturated heterocycles. The summed E-state index contributed by atoms with van der Waals surface area (Å²) in [5.74, 6) is 6.02. The van der Waals surface area contributed by atoms with Crippen LogP contribution in [-0.2, 0) is 0 Å². The van der Waals surface area contributed by atoms with Crippen molar-refractivity contribution in [3.63, 3.8) is 0 Å². The third kappa shape index (κ3) is 1.57. The maximum absolute atomic E-state index is 6.02. The van der Waals surface area contributed by atoms with E-state index in [1.54, 1.807) is 0 Å². The lowest BCUT2D eigenvalue weighted by Crippen LogP contribution is -2.62. The number of piperidine rings is 1. The molecule has 0 aromatic carbocycles. The molecule has 0 aromatic rings. The van der Waals surface area contributed by atoms with Gasteiger partial charge in [-0.3, -0.25) is 5.84 Å². The van der Waals surface area contributed by atoms with Crippen LogP contribution in [0.2, 0.25) is 0 Å². The molecule has 0 saturated carbocycles. The predicted molar refractivity (Wildman–Crippen MR) is 48.0 cm³/mol. The van der Waals surface area contributed by atoms with Crippen LogP contribution < -0.4 is 5.84 Å². The molecule has 2 heteroatoms. The Bertz CT molecular complexity index is 134. The van der Waals surface area contributed by atoms with E-state index in [1.165, 1.54) is 19.3 Å². The molecule has 1 aliphatic rings. The molecular weight excluding hydrogens is 136 g/mol. The molecule has 0 aromatic heterocycles. The van der Waals surface area contributed by atoms with E-state index in [9.17, 15) is 0 Å². The molecule has 0 radical (unpaired) electrons. The van der Waals surface area contributed by atoms with E-state index in [-0.39, 0.29) is 11.1 Å². The van der Waals surface area contributed by atoms with Crippen molar-refractivity contribution in [1.29, 1.82) is 0 Å². The summed E-state index contributed by atoms with van der Waals surface area (Å²) in [6.45, 7) is 8.86. The molecule has 1 aliphatic heterocycles. The average molecular weight is 156 g/mol. The van der Waals surface area contributed by atoms with Crippen molar-refractivity contribution >= 4 is 0 Å². The average Bonchev–Trinajstić information content (AvgIpc) is 1.82. The van der Waals surface area contributed by atoms with Crippen molar-refractivity contribution in [2.75, 3.05) is 0 Å². The van der Waals surface area contributed by atoms with Crippen molar-refractivity contribution < 1.29 is 0 Å². The maximum atomic E-state index is 6.02. The van der Waals surface area contributed by atoms with E-state index < -0.39 is 0 Å². The van der Waals surface area contributed by atoms with Gasteiger partial charge in [0.05, 0.1) is 0 Å². The molecule has 1 fully saturated rings. The van der Waals surface area contributed by atoms with Gasteiger partial charge in [0.2, 0.25) is 0 Å². The van der Waals surface area contributed by atoms with Crippen molar-refractivity contribution in [2.24, 2.45) is 5.84 Å². The summed E-state index contributed by atoms with van der Waals surface area (Å²) in [6, 6.07) is 0. The van der Waals surface area contributed by atoms with Crippen molar-refractivity contribution in [3.8, 4) is 0 Å². The lowest BCUT2D eigenvalue weighted by atomic mass is 9.82. The second-order valence-corrected chi connectivity index (χ2v) is 4.85. The molecular formula is C9H20N2. The molecule has 11 heavy (non-hydrogen) atoms. The first-order valence-electron chi connectivity index (χ1n) is 4.41. The molecule has 2 nitrogen and oxygen atoms in total. The highest BCUT2D eigenvalue weighted by atomic mass is 15.5. The lowest BCUT2D eigenvalue weighted by molar-refractivity contribution is -0.0278. The van der Waals surface area contributed by atoms with Gasteiger partial charge in [0.1, 0.15) is 0 Å². The van der Waals surface area contributed by atoms with Crippen LogP contribution >= 0.6 is 0 Å². The Morgan fingerprint density at radius 1 is 1.00 bits per heavy atom. The fourth-order valence-corrected chi connectivity index (χ4v) is 2.01. The van der Waals surface area contributed by atoms with Crippen molar-refractivity contribution in [3.05, 3.63) is 0 Å². The highest BCUT2D eigenvalue weighted by molar-refractivity contribution is 4.93. The van der Waals surface area contributed by atoms with Gasteiger partial charge in [0, 0.05) is 11.1 Å². The van der Waals surface area contributed by atoms with Gasteiger partial charge in [-0.05, 0) is 47.0 Å². The molecule has 1 rings (SSSR count). The Morgan fingerprint density at radius 2 is 1.36 bits per heavy atom. The van der Waals surface area contributed by atoms with E-state index >= 15 is 0 Å². The molecule has 0 amide bonds. The third-order valence-corrected chi connectivity index (χ3v) is 2.88. The van der Waals surface area contributed by atoms with Gasteiger partial charge in [0.25, 0.3) is 0 Å². The first kappa shape index (κ1) is 9.01. The van der Waals surface area contributed by atoms with Crippen LogP contribution in [0.3, 0.4) is 0 Å². The van der Waals surface area contributed by atoms with Crippen LogP contribution in [-0.4, -0.2) is 16.1 Å². The molecule has 1 heterocycles. The van der Waals surface area contributed by atoms with Gasteiger partial charge < -0.3 is 0 Å². The molecule has 0 spiro atoms. The van der Waals surface area contributed by atoms with Crippen molar-refractivity contribution in [1.82, 2.24) is 5.01 Å². The second-order valence-electron chi connectivity index (χ2n) is 4.85. The Balaban J connectivity index is 2.76. The SMILES string of the molecule is CC1(C)CCCC(C)(C)N1N.